The summed E-state index contributed by atoms with van der Waals surface area (Å²) in [6.45, 7) is 5.14. The zero-order valence-corrected chi connectivity index (χ0v) is 9.51. The highest BCUT2D eigenvalue weighted by Gasteiger charge is 2.62. The Labute approximate surface area is 99.0 Å². The zero-order chi connectivity index (χ0) is 12.6. The van der Waals surface area contributed by atoms with E-state index in [2.05, 4.69) is 6.58 Å². The van der Waals surface area contributed by atoms with Crippen molar-refractivity contribution in [2.24, 2.45) is 11.8 Å². The van der Waals surface area contributed by atoms with E-state index < -0.39 is 23.6 Å². The Morgan fingerprint density at radius 2 is 2.47 bits per heavy atom. The van der Waals surface area contributed by atoms with E-state index in [1.807, 2.05) is 13.0 Å². The Hall–Kier alpha value is -1.83. The van der Waals surface area contributed by atoms with Gasteiger partial charge in [-0.1, -0.05) is 13.5 Å². The fraction of sp³-hybridized carbons (Fsp3) is 0.583. The molecule has 2 fully saturated rings. The molecule has 1 heterocycles. The van der Waals surface area contributed by atoms with Crippen molar-refractivity contribution in [2.75, 3.05) is 0 Å². The summed E-state index contributed by atoms with van der Waals surface area (Å²) in [7, 11) is 0. The SMILES string of the molecule is C=CC(=O)OC1C2CC(=O)OC1(C#N)C(C)C2. The third kappa shape index (κ3) is 1.60. The molecule has 1 aliphatic carbocycles. The van der Waals surface area contributed by atoms with Gasteiger partial charge in [0.2, 0.25) is 5.60 Å². The molecule has 5 nitrogen and oxygen atoms in total. The summed E-state index contributed by atoms with van der Waals surface area (Å²) in [5.41, 5.74) is -1.32. The van der Waals surface area contributed by atoms with Crippen LogP contribution in [0.1, 0.15) is 19.8 Å². The lowest BCUT2D eigenvalue weighted by Gasteiger charge is -2.35. The highest BCUT2D eigenvalue weighted by molar-refractivity contribution is 5.82. The zero-order valence-electron chi connectivity index (χ0n) is 9.51. The molecule has 2 bridgehead atoms. The Kier molecular flexibility index (Phi) is 2.66. The van der Waals surface area contributed by atoms with E-state index in [9.17, 15) is 14.9 Å². The lowest BCUT2D eigenvalue weighted by molar-refractivity contribution is -0.188. The molecule has 1 aliphatic heterocycles. The van der Waals surface area contributed by atoms with Gasteiger partial charge < -0.3 is 9.47 Å². The predicted molar refractivity (Wildman–Crippen MR) is 56.4 cm³/mol. The molecule has 0 N–H and O–H groups in total. The maximum absolute atomic E-state index is 11.4. The van der Waals surface area contributed by atoms with Crippen molar-refractivity contribution >= 4 is 11.9 Å². The molecular formula is C12H13NO4. The molecule has 0 aromatic heterocycles. The van der Waals surface area contributed by atoms with Gasteiger partial charge in [0.05, 0.1) is 6.42 Å². The number of hydrogen-bond donors (Lipinski definition) is 0. The minimum Gasteiger partial charge on any atom is -0.453 e. The second-order valence-electron chi connectivity index (χ2n) is 4.54. The van der Waals surface area contributed by atoms with Gasteiger partial charge in [0.1, 0.15) is 6.07 Å². The van der Waals surface area contributed by atoms with Crippen LogP contribution in [0, 0.1) is 23.2 Å². The monoisotopic (exact) mass is 235 g/mol. The van der Waals surface area contributed by atoms with Gasteiger partial charge in [-0.2, -0.15) is 5.26 Å². The van der Waals surface area contributed by atoms with E-state index >= 15 is 0 Å². The van der Waals surface area contributed by atoms with Crippen molar-refractivity contribution in [3.63, 3.8) is 0 Å². The fourth-order valence-electron chi connectivity index (χ4n) is 2.73. The van der Waals surface area contributed by atoms with E-state index in [1.165, 1.54) is 0 Å². The van der Waals surface area contributed by atoms with Crippen LogP contribution >= 0.6 is 0 Å². The summed E-state index contributed by atoms with van der Waals surface area (Å²) < 4.78 is 10.4. The minimum atomic E-state index is -1.32. The number of fused-ring (bicyclic) bond motifs is 2. The van der Waals surface area contributed by atoms with Crippen LogP contribution in [0.5, 0.6) is 0 Å². The Balaban J connectivity index is 2.32. The Morgan fingerprint density at radius 1 is 1.76 bits per heavy atom. The van der Waals surface area contributed by atoms with Crippen molar-refractivity contribution in [3.8, 4) is 6.07 Å². The predicted octanol–water partition coefficient (Wildman–Crippen LogP) is 0.949. The highest BCUT2D eigenvalue weighted by Crippen LogP contribution is 2.49. The van der Waals surface area contributed by atoms with E-state index in [0.717, 1.165) is 6.08 Å². The van der Waals surface area contributed by atoms with Gasteiger partial charge in [-0.3, -0.25) is 4.79 Å². The number of carbonyl (C=O) groups excluding carboxylic acids is 2. The van der Waals surface area contributed by atoms with Crippen molar-refractivity contribution in [1.29, 1.82) is 5.26 Å². The first-order chi connectivity index (χ1) is 8.03. The molecule has 0 aromatic rings. The maximum Gasteiger partial charge on any atom is 0.330 e. The first-order valence-corrected chi connectivity index (χ1v) is 5.49. The summed E-state index contributed by atoms with van der Waals surface area (Å²) >= 11 is 0. The van der Waals surface area contributed by atoms with Gasteiger partial charge in [0, 0.05) is 17.9 Å². The molecule has 1 saturated carbocycles. The molecular weight excluding hydrogens is 222 g/mol. The molecule has 4 unspecified atom stereocenters. The quantitative estimate of drug-likeness (QED) is 0.526. The Bertz CT molecular complexity index is 425. The van der Waals surface area contributed by atoms with Crippen LogP contribution in [0.25, 0.3) is 0 Å². The van der Waals surface area contributed by atoms with Gasteiger partial charge in [0.15, 0.2) is 6.10 Å². The molecule has 0 aromatic carbocycles. The largest absolute Gasteiger partial charge is 0.453 e. The Morgan fingerprint density at radius 3 is 3.06 bits per heavy atom. The summed E-state index contributed by atoms with van der Waals surface area (Å²) in [5, 5.41) is 9.27. The molecule has 90 valence electrons. The molecule has 17 heavy (non-hydrogen) atoms. The van der Waals surface area contributed by atoms with E-state index in [-0.39, 0.29) is 18.3 Å². The van der Waals surface area contributed by atoms with Gasteiger partial charge >= 0.3 is 11.9 Å². The standard InChI is InChI=1S/C12H13NO4/c1-3-9(14)16-11-8-4-7(2)12(11,6-13)17-10(15)5-8/h3,7-8,11H,1,4-5H2,2H3. The third-order valence-electron chi connectivity index (χ3n) is 3.54. The van der Waals surface area contributed by atoms with Crippen LogP contribution in [0.3, 0.4) is 0 Å². The maximum atomic E-state index is 11.4. The van der Waals surface area contributed by atoms with E-state index in [4.69, 9.17) is 9.47 Å². The average molecular weight is 235 g/mol. The summed E-state index contributed by atoms with van der Waals surface area (Å²) in [6, 6.07) is 2.01. The van der Waals surface area contributed by atoms with Crippen LogP contribution in [0.15, 0.2) is 12.7 Å². The summed E-state index contributed by atoms with van der Waals surface area (Å²) in [5.74, 6) is -1.25. The number of nitrogens with zero attached hydrogens (tertiary/aromatic N) is 1. The third-order valence-corrected chi connectivity index (χ3v) is 3.54. The molecule has 1 saturated heterocycles. The van der Waals surface area contributed by atoms with E-state index in [1.54, 1.807) is 0 Å². The second-order valence-corrected chi connectivity index (χ2v) is 4.54. The number of hydrogen-bond acceptors (Lipinski definition) is 5. The van der Waals surface area contributed by atoms with Crippen LogP contribution in [0.2, 0.25) is 0 Å². The molecule has 5 heteroatoms. The lowest BCUT2D eigenvalue weighted by Crippen LogP contribution is -2.52. The molecule has 2 rings (SSSR count). The normalized spacial score (nSPS) is 39.1. The van der Waals surface area contributed by atoms with Crippen molar-refractivity contribution < 1.29 is 19.1 Å². The van der Waals surface area contributed by atoms with Gasteiger partial charge in [-0.15, -0.1) is 0 Å². The van der Waals surface area contributed by atoms with Gasteiger partial charge in [0.25, 0.3) is 0 Å². The smallest absolute Gasteiger partial charge is 0.330 e. The fourth-order valence-corrected chi connectivity index (χ4v) is 2.73. The number of carbonyl (C=O) groups is 2. The molecule has 4 atom stereocenters. The van der Waals surface area contributed by atoms with E-state index in [0.29, 0.717) is 6.42 Å². The minimum absolute atomic E-state index is 0.130. The highest BCUT2D eigenvalue weighted by atomic mass is 16.6. The molecule has 0 radical (unpaired) electrons. The van der Waals surface area contributed by atoms with Crippen LogP contribution in [-0.2, 0) is 19.1 Å². The topological polar surface area (TPSA) is 76.4 Å². The molecule has 0 spiro atoms. The molecule has 0 amide bonds. The first-order valence-electron chi connectivity index (χ1n) is 5.49. The summed E-state index contributed by atoms with van der Waals surface area (Å²) in [4.78, 5) is 22.7. The number of nitriles is 1. The lowest BCUT2D eigenvalue weighted by atomic mass is 9.89. The number of esters is 2. The van der Waals surface area contributed by atoms with Crippen LogP contribution in [-0.4, -0.2) is 23.6 Å². The summed E-state index contributed by atoms with van der Waals surface area (Å²) in [6.07, 6.45) is 1.22. The first kappa shape index (κ1) is 11.6. The number of ether oxygens (including phenoxy) is 2. The average Bonchev–Trinajstić information content (AvgIpc) is 2.45. The van der Waals surface area contributed by atoms with Crippen molar-refractivity contribution in [1.82, 2.24) is 0 Å². The number of rotatable bonds is 2. The van der Waals surface area contributed by atoms with Crippen LogP contribution < -0.4 is 0 Å². The van der Waals surface area contributed by atoms with Crippen molar-refractivity contribution in [3.05, 3.63) is 12.7 Å². The second kappa shape index (κ2) is 3.88. The molecule has 2 aliphatic rings. The van der Waals surface area contributed by atoms with Crippen LogP contribution in [0.4, 0.5) is 0 Å². The van der Waals surface area contributed by atoms with Gasteiger partial charge in [-0.05, 0) is 6.42 Å². The van der Waals surface area contributed by atoms with Crippen molar-refractivity contribution in [2.45, 2.75) is 31.5 Å². The van der Waals surface area contributed by atoms with Gasteiger partial charge in [-0.25, -0.2) is 4.79 Å².